The van der Waals surface area contributed by atoms with Crippen LogP contribution in [-0.4, -0.2) is 25.2 Å². The predicted molar refractivity (Wildman–Crippen MR) is 70.5 cm³/mol. The third-order valence-corrected chi connectivity index (χ3v) is 3.61. The SMILES string of the molecule is O=C(NCC1CCCO1)c1cc(Cl)ccc1Br. The van der Waals surface area contributed by atoms with E-state index >= 15 is 0 Å². The van der Waals surface area contributed by atoms with E-state index in [1.54, 1.807) is 18.2 Å². The molecule has 5 heteroatoms. The van der Waals surface area contributed by atoms with E-state index in [1.807, 2.05) is 0 Å². The molecule has 3 nitrogen and oxygen atoms in total. The van der Waals surface area contributed by atoms with Crippen molar-refractivity contribution >= 4 is 33.4 Å². The van der Waals surface area contributed by atoms with Gasteiger partial charge >= 0.3 is 0 Å². The molecule has 0 aromatic heterocycles. The molecular formula is C12H13BrClNO2. The Balaban J connectivity index is 1.96. The standard InChI is InChI=1S/C12H13BrClNO2/c13-11-4-3-8(14)6-10(11)12(16)15-7-9-2-1-5-17-9/h3-4,6,9H,1-2,5,7H2,(H,15,16). The lowest BCUT2D eigenvalue weighted by Gasteiger charge is -2.11. The van der Waals surface area contributed by atoms with Crippen LogP contribution in [0.3, 0.4) is 0 Å². The fourth-order valence-electron chi connectivity index (χ4n) is 1.78. The number of benzene rings is 1. The van der Waals surface area contributed by atoms with Crippen LogP contribution in [0.5, 0.6) is 0 Å². The van der Waals surface area contributed by atoms with Gasteiger partial charge in [0.1, 0.15) is 0 Å². The minimum Gasteiger partial charge on any atom is -0.376 e. The van der Waals surface area contributed by atoms with Crippen LogP contribution < -0.4 is 5.32 Å². The third kappa shape index (κ3) is 3.44. The quantitative estimate of drug-likeness (QED) is 0.930. The molecule has 0 saturated carbocycles. The van der Waals surface area contributed by atoms with Crippen LogP contribution in [-0.2, 0) is 4.74 Å². The van der Waals surface area contributed by atoms with Gasteiger partial charge in [0.25, 0.3) is 5.91 Å². The Bertz CT molecular complexity index is 419. The third-order valence-electron chi connectivity index (χ3n) is 2.69. The van der Waals surface area contributed by atoms with Gasteiger partial charge in [-0.1, -0.05) is 11.6 Å². The van der Waals surface area contributed by atoms with Gasteiger partial charge < -0.3 is 10.1 Å². The van der Waals surface area contributed by atoms with Crippen molar-refractivity contribution in [2.45, 2.75) is 18.9 Å². The normalized spacial score (nSPS) is 19.3. The second-order valence-electron chi connectivity index (χ2n) is 3.97. The maximum atomic E-state index is 11.9. The Morgan fingerprint density at radius 2 is 2.41 bits per heavy atom. The monoisotopic (exact) mass is 317 g/mol. The van der Waals surface area contributed by atoms with Crippen LogP contribution in [0.1, 0.15) is 23.2 Å². The van der Waals surface area contributed by atoms with Gasteiger partial charge in [-0.15, -0.1) is 0 Å². The zero-order valence-electron chi connectivity index (χ0n) is 9.21. The zero-order chi connectivity index (χ0) is 12.3. The van der Waals surface area contributed by atoms with E-state index in [9.17, 15) is 4.79 Å². The van der Waals surface area contributed by atoms with Gasteiger partial charge in [-0.2, -0.15) is 0 Å². The van der Waals surface area contributed by atoms with Crippen LogP contribution >= 0.6 is 27.5 Å². The number of amides is 1. The molecule has 1 atom stereocenters. The van der Waals surface area contributed by atoms with Gasteiger partial charge in [0.15, 0.2) is 0 Å². The summed E-state index contributed by atoms with van der Waals surface area (Å²) in [6.07, 6.45) is 2.23. The lowest BCUT2D eigenvalue weighted by Crippen LogP contribution is -2.31. The number of rotatable bonds is 3. The highest BCUT2D eigenvalue weighted by Gasteiger charge is 2.17. The maximum Gasteiger partial charge on any atom is 0.252 e. The van der Waals surface area contributed by atoms with Gasteiger partial charge in [0.2, 0.25) is 0 Å². The number of carbonyl (C=O) groups is 1. The van der Waals surface area contributed by atoms with E-state index in [4.69, 9.17) is 16.3 Å². The molecule has 1 fully saturated rings. The molecule has 1 unspecified atom stereocenters. The minimum atomic E-state index is -0.130. The number of hydrogen-bond donors (Lipinski definition) is 1. The molecule has 0 spiro atoms. The van der Waals surface area contributed by atoms with Crippen LogP contribution in [0.15, 0.2) is 22.7 Å². The number of ether oxygens (including phenoxy) is 1. The average molecular weight is 319 g/mol. The number of carbonyl (C=O) groups excluding carboxylic acids is 1. The molecule has 1 saturated heterocycles. The summed E-state index contributed by atoms with van der Waals surface area (Å²) in [5.41, 5.74) is 0.551. The van der Waals surface area contributed by atoms with Crippen molar-refractivity contribution in [3.8, 4) is 0 Å². The first kappa shape index (κ1) is 12.9. The Kier molecular flexibility index (Phi) is 4.42. The molecule has 0 bridgehead atoms. The lowest BCUT2D eigenvalue weighted by molar-refractivity contribution is 0.0857. The van der Waals surface area contributed by atoms with Crippen molar-refractivity contribution in [1.29, 1.82) is 0 Å². The summed E-state index contributed by atoms with van der Waals surface area (Å²) < 4.78 is 6.18. The van der Waals surface area contributed by atoms with E-state index in [0.29, 0.717) is 17.1 Å². The lowest BCUT2D eigenvalue weighted by atomic mass is 10.2. The molecule has 1 amide bonds. The second kappa shape index (κ2) is 5.85. The van der Waals surface area contributed by atoms with Gasteiger partial charge in [0, 0.05) is 22.6 Å². The molecule has 1 aliphatic rings. The highest BCUT2D eigenvalue weighted by Crippen LogP contribution is 2.21. The molecule has 1 aliphatic heterocycles. The maximum absolute atomic E-state index is 11.9. The van der Waals surface area contributed by atoms with Crippen LogP contribution in [0.25, 0.3) is 0 Å². The highest BCUT2D eigenvalue weighted by atomic mass is 79.9. The van der Waals surface area contributed by atoms with Crippen molar-refractivity contribution < 1.29 is 9.53 Å². The van der Waals surface area contributed by atoms with Gasteiger partial charge in [-0.25, -0.2) is 0 Å². The Hall–Kier alpha value is -0.580. The summed E-state index contributed by atoms with van der Waals surface area (Å²) in [5.74, 6) is -0.130. The summed E-state index contributed by atoms with van der Waals surface area (Å²) in [4.78, 5) is 11.9. The second-order valence-corrected chi connectivity index (χ2v) is 5.26. The van der Waals surface area contributed by atoms with E-state index < -0.39 is 0 Å². The van der Waals surface area contributed by atoms with E-state index in [1.165, 1.54) is 0 Å². The Morgan fingerprint density at radius 3 is 3.12 bits per heavy atom. The number of halogens is 2. The minimum absolute atomic E-state index is 0.130. The topological polar surface area (TPSA) is 38.3 Å². The summed E-state index contributed by atoms with van der Waals surface area (Å²) in [6.45, 7) is 1.35. The van der Waals surface area contributed by atoms with Gasteiger partial charge in [-0.05, 0) is 47.0 Å². The largest absolute Gasteiger partial charge is 0.376 e. The van der Waals surface area contributed by atoms with Crippen molar-refractivity contribution in [1.82, 2.24) is 5.32 Å². The molecule has 1 heterocycles. The zero-order valence-corrected chi connectivity index (χ0v) is 11.6. The summed E-state index contributed by atoms with van der Waals surface area (Å²) in [6, 6.07) is 5.16. The highest BCUT2D eigenvalue weighted by molar-refractivity contribution is 9.10. The smallest absolute Gasteiger partial charge is 0.252 e. The predicted octanol–water partition coefficient (Wildman–Crippen LogP) is 3.01. The molecule has 1 aromatic carbocycles. The first-order chi connectivity index (χ1) is 8.16. The van der Waals surface area contributed by atoms with Crippen LogP contribution in [0, 0.1) is 0 Å². The number of nitrogens with one attached hydrogen (secondary N) is 1. The Morgan fingerprint density at radius 1 is 1.59 bits per heavy atom. The molecule has 92 valence electrons. The van der Waals surface area contributed by atoms with Gasteiger partial charge in [-0.3, -0.25) is 4.79 Å². The van der Waals surface area contributed by atoms with E-state index in [0.717, 1.165) is 23.9 Å². The molecule has 0 aliphatic carbocycles. The fraction of sp³-hybridized carbons (Fsp3) is 0.417. The average Bonchev–Trinajstić information content (AvgIpc) is 2.82. The molecule has 0 radical (unpaired) electrons. The van der Waals surface area contributed by atoms with E-state index in [2.05, 4.69) is 21.2 Å². The van der Waals surface area contributed by atoms with Crippen molar-refractivity contribution in [3.63, 3.8) is 0 Å². The van der Waals surface area contributed by atoms with E-state index in [-0.39, 0.29) is 12.0 Å². The first-order valence-electron chi connectivity index (χ1n) is 5.51. The van der Waals surface area contributed by atoms with Gasteiger partial charge in [0.05, 0.1) is 11.7 Å². The first-order valence-corrected chi connectivity index (χ1v) is 6.69. The fourth-order valence-corrected chi connectivity index (χ4v) is 2.38. The van der Waals surface area contributed by atoms with Crippen LogP contribution in [0.2, 0.25) is 5.02 Å². The van der Waals surface area contributed by atoms with Crippen molar-refractivity contribution in [3.05, 3.63) is 33.3 Å². The summed E-state index contributed by atoms with van der Waals surface area (Å²) in [7, 11) is 0. The molecule has 1 aromatic rings. The summed E-state index contributed by atoms with van der Waals surface area (Å²) in [5, 5.41) is 3.41. The summed E-state index contributed by atoms with van der Waals surface area (Å²) >= 11 is 9.20. The van der Waals surface area contributed by atoms with Crippen LogP contribution in [0.4, 0.5) is 0 Å². The Labute approximate surface area is 114 Å². The molecule has 17 heavy (non-hydrogen) atoms. The molecule has 2 rings (SSSR count). The van der Waals surface area contributed by atoms with Crippen molar-refractivity contribution in [2.24, 2.45) is 0 Å². The van der Waals surface area contributed by atoms with Crippen molar-refractivity contribution in [2.75, 3.05) is 13.2 Å². The molecular weight excluding hydrogens is 305 g/mol. The molecule has 1 N–H and O–H groups in total. The number of hydrogen-bond acceptors (Lipinski definition) is 2.